The molecule has 0 unspecified atom stereocenters. The summed E-state index contributed by atoms with van der Waals surface area (Å²) in [6, 6.07) is 23.8. The first-order chi connectivity index (χ1) is 16.4. The third-order valence-corrected chi connectivity index (χ3v) is 5.95. The lowest BCUT2D eigenvalue weighted by Crippen LogP contribution is -1.96. The number of fused-ring (bicyclic) bond motifs is 8. The molecule has 168 valence electrons. The van der Waals surface area contributed by atoms with Crippen molar-refractivity contribution >= 4 is 56.5 Å². The Hall–Kier alpha value is -4.27. The van der Waals surface area contributed by atoms with Crippen LogP contribution in [-0.2, 0) is 10.1 Å². The number of H-pyrrole nitrogens is 2. The van der Waals surface area contributed by atoms with Gasteiger partial charge < -0.3 is 9.97 Å². The van der Waals surface area contributed by atoms with E-state index >= 15 is 0 Å². The molecule has 7 nitrogen and oxygen atoms in total. The van der Waals surface area contributed by atoms with Crippen molar-refractivity contribution in [1.29, 1.82) is 0 Å². The molecule has 6 rings (SSSR count). The smallest absolute Gasteiger partial charge is 0.294 e. The summed E-state index contributed by atoms with van der Waals surface area (Å²) in [5.41, 5.74) is 7.86. The van der Waals surface area contributed by atoms with E-state index in [2.05, 4.69) is 50.3 Å². The molecule has 2 aliphatic heterocycles. The summed E-state index contributed by atoms with van der Waals surface area (Å²) in [5.74, 6) is 0. The van der Waals surface area contributed by atoms with Crippen LogP contribution in [0.5, 0.6) is 0 Å². The topological polar surface area (TPSA) is 112 Å². The Labute approximate surface area is 195 Å². The zero-order valence-corrected chi connectivity index (χ0v) is 18.7. The van der Waals surface area contributed by atoms with Gasteiger partial charge in [-0.3, -0.25) is 4.55 Å². The van der Waals surface area contributed by atoms with Crippen molar-refractivity contribution in [1.82, 2.24) is 19.9 Å². The Morgan fingerprint density at radius 2 is 0.971 bits per heavy atom. The third kappa shape index (κ3) is 5.20. The lowest BCUT2D eigenvalue weighted by Gasteiger charge is -1.92. The molecule has 4 aromatic rings. The van der Waals surface area contributed by atoms with Crippen LogP contribution in [0.3, 0.4) is 0 Å². The van der Waals surface area contributed by atoms with E-state index in [1.54, 1.807) is 18.2 Å². The fraction of sp³-hybridized carbons (Fsp3) is 0. The number of benzene rings is 1. The standard InChI is InChI=1S/C20H14N4.C6H6O3S/c1-2-14-10-16-5-6-18(23-16)12-20-8-7-19(24-20)11-17-4-3-15(22-17)9-13(1)21-14;7-10(8,9)6-4-2-1-3-5-6/h1-12,21-22H;1-5H,(H,7,8,9). The first-order valence-electron chi connectivity index (χ1n) is 10.5. The highest BCUT2D eigenvalue weighted by Crippen LogP contribution is 2.17. The molecule has 1 aromatic carbocycles. The Morgan fingerprint density at radius 1 is 0.559 bits per heavy atom. The predicted octanol–water partition coefficient (Wildman–Crippen LogP) is 5.59. The number of nitrogens with one attached hydrogen (secondary N) is 2. The number of aromatic amines is 2. The van der Waals surface area contributed by atoms with Crippen molar-refractivity contribution in [3.63, 3.8) is 0 Å². The molecule has 0 aliphatic carbocycles. The van der Waals surface area contributed by atoms with Crippen LogP contribution in [0.25, 0.3) is 46.4 Å². The van der Waals surface area contributed by atoms with Crippen molar-refractivity contribution < 1.29 is 13.0 Å². The van der Waals surface area contributed by atoms with Crippen LogP contribution >= 0.6 is 0 Å². The van der Waals surface area contributed by atoms with Gasteiger partial charge in [-0.05, 0) is 85.0 Å². The Bertz CT molecular complexity index is 1590. The van der Waals surface area contributed by atoms with Crippen molar-refractivity contribution in [2.45, 2.75) is 4.90 Å². The molecule has 3 aromatic heterocycles. The van der Waals surface area contributed by atoms with Gasteiger partial charge in [-0.25, -0.2) is 9.97 Å². The summed E-state index contributed by atoms with van der Waals surface area (Å²) in [5, 5.41) is 0. The van der Waals surface area contributed by atoms with Crippen molar-refractivity contribution in [2.24, 2.45) is 0 Å². The molecule has 0 radical (unpaired) electrons. The maximum absolute atomic E-state index is 10.4. The highest BCUT2D eigenvalue weighted by atomic mass is 32.2. The molecule has 2 aliphatic rings. The molecule has 34 heavy (non-hydrogen) atoms. The minimum absolute atomic E-state index is 0.0741. The molecule has 0 fully saturated rings. The first-order valence-corrected chi connectivity index (χ1v) is 11.9. The maximum Gasteiger partial charge on any atom is 0.294 e. The zero-order chi connectivity index (χ0) is 23.5. The highest BCUT2D eigenvalue weighted by molar-refractivity contribution is 7.85. The van der Waals surface area contributed by atoms with Gasteiger partial charge in [0, 0.05) is 22.1 Å². The summed E-state index contributed by atoms with van der Waals surface area (Å²) in [4.78, 5) is 15.9. The van der Waals surface area contributed by atoms with Gasteiger partial charge in [-0.1, -0.05) is 18.2 Å². The Kier molecular flexibility index (Phi) is 5.67. The van der Waals surface area contributed by atoms with Crippen LogP contribution < -0.4 is 0 Å². The second-order valence-electron chi connectivity index (χ2n) is 7.69. The van der Waals surface area contributed by atoms with Gasteiger partial charge in [0.1, 0.15) is 0 Å². The van der Waals surface area contributed by atoms with Gasteiger partial charge >= 0.3 is 0 Å². The fourth-order valence-corrected chi connectivity index (χ4v) is 4.04. The number of rotatable bonds is 1. The molecule has 0 atom stereocenters. The van der Waals surface area contributed by atoms with Gasteiger partial charge in [0.25, 0.3) is 10.1 Å². The third-order valence-electron chi connectivity index (χ3n) is 5.08. The average Bonchev–Trinajstić information content (AvgIpc) is 3.60. The summed E-state index contributed by atoms with van der Waals surface area (Å²) >= 11 is 0. The normalized spacial score (nSPS) is 12.3. The SMILES string of the molecule is C1=Cc2cc3ccc(cc4ccc(cc5nc(cc1n2)C=C5)[nH]4)[nH]3.O=S(=O)(O)c1ccccc1. The summed E-state index contributed by atoms with van der Waals surface area (Å²) in [7, 11) is -4.00. The van der Waals surface area contributed by atoms with E-state index in [-0.39, 0.29) is 4.90 Å². The molecule has 5 heterocycles. The molecule has 0 saturated carbocycles. The van der Waals surface area contributed by atoms with Crippen LogP contribution in [-0.4, -0.2) is 32.9 Å². The average molecular weight is 469 g/mol. The second-order valence-corrected chi connectivity index (χ2v) is 9.11. The van der Waals surface area contributed by atoms with Crippen molar-refractivity contribution in [3.05, 3.63) is 102 Å². The molecule has 8 heteroatoms. The first kappa shape index (κ1) is 21.6. The summed E-state index contributed by atoms with van der Waals surface area (Å²) < 4.78 is 29.2. The lowest BCUT2D eigenvalue weighted by atomic mass is 10.3. The lowest BCUT2D eigenvalue weighted by molar-refractivity contribution is 0.483. The monoisotopic (exact) mass is 468 g/mol. The Morgan fingerprint density at radius 3 is 1.38 bits per heavy atom. The van der Waals surface area contributed by atoms with E-state index in [4.69, 9.17) is 4.55 Å². The van der Waals surface area contributed by atoms with Crippen LogP contribution in [0, 0.1) is 0 Å². The summed E-state index contributed by atoms with van der Waals surface area (Å²) in [6.07, 6.45) is 8.05. The van der Waals surface area contributed by atoms with E-state index in [9.17, 15) is 8.42 Å². The zero-order valence-electron chi connectivity index (χ0n) is 17.9. The van der Waals surface area contributed by atoms with Gasteiger partial charge in [-0.2, -0.15) is 8.42 Å². The Balaban J connectivity index is 0.000000204. The van der Waals surface area contributed by atoms with Gasteiger partial charge in [0.05, 0.1) is 27.7 Å². The fourth-order valence-electron chi connectivity index (χ4n) is 3.54. The molecule has 0 saturated heterocycles. The van der Waals surface area contributed by atoms with E-state index in [0.29, 0.717) is 0 Å². The minimum Gasteiger partial charge on any atom is -0.355 e. The van der Waals surface area contributed by atoms with E-state index in [1.807, 2.05) is 42.5 Å². The molecule has 0 spiro atoms. The van der Waals surface area contributed by atoms with E-state index in [0.717, 1.165) is 44.8 Å². The van der Waals surface area contributed by atoms with Gasteiger partial charge in [-0.15, -0.1) is 0 Å². The molecule has 8 bridgehead atoms. The quantitative estimate of drug-likeness (QED) is 0.272. The molecular formula is C26H20N4O3S. The number of hydrogen-bond donors (Lipinski definition) is 3. The highest BCUT2D eigenvalue weighted by Gasteiger charge is 2.06. The summed E-state index contributed by atoms with van der Waals surface area (Å²) in [6.45, 7) is 0. The van der Waals surface area contributed by atoms with Crippen molar-refractivity contribution in [3.8, 4) is 0 Å². The predicted molar refractivity (Wildman–Crippen MR) is 135 cm³/mol. The minimum atomic E-state index is -4.00. The van der Waals surface area contributed by atoms with E-state index < -0.39 is 10.1 Å². The number of aromatic nitrogens is 4. The molecule has 3 N–H and O–H groups in total. The number of nitrogens with zero attached hydrogens (tertiary/aromatic N) is 2. The van der Waals surface area contributed by atoms with Gasteiger partial charge in [0.2, 0.25) is 0 Å². The van der Waals surface area contributed by atoms with E-state index in [1.165, 1.54) is 12.1 Å². The maximum atomic E-state index is 10.4. The largest absolute Gasteiger partial charge is 0.355 e. The molecule has 0 amide bonds. The van der Waals surface area contributed by atoms with Crippen LogP contribution in [0.15, 0.2) is 83.8 Å². The van der Waals surface area contributed by atoms with Crippen LogP contribution in [0.1, 0.15) is 22.8 Å². The van der Waals surface area contributed by atoms with Crippen LogP contribution in [0.4, 0.5) is 0 Å². The van der Waals surface area contributed by atoms with Crippen LogP contribution in [0.2, 0.25) is 0 Å². The second kappa shape index (κ2) is 8.93. The van der Waals surface area contributed by atoms with Crippen molar-refractivity contribution in [2.75, 3.05) is 0 Å². The number of hydrogen-bond acceptors (Lipinski definition) is 4. The van der Waals surface area contributed by atoms with Gasteiger partial charge in [0.15, 0.2) is 0 Å². The molecular weight excluding hydrogens is 448 g/mol.